The Labute approximate surface area is 164 Å². The van der Waals surface area contributed by atoms with Crippen LogP contribution in [0.3, 0.4) is 0 Å². The summed E-state index contributed by atoms with van der Waals surface area (Å²) < 4.78 is 1.90. The van der Waals surface area contributed by atoms with Crippen molar-refractivity contribution in [3.63, 3.8) is 0 Å². The lowest BCUT2D eigenvalue weighted by Gasteiger charge is -2.17. The molecule has 3 aromatic rings. The van der Waals surface area contributed by atoms with Crippen LogP contribution in [0.5, 0.6) is 0 Å². The highest BCUT2D eigenvalue weighted by molar-refractivity contribution is 5.96. The van der Waals surface area contributed by atoms with Gasteiger partial charge in [0.15, 0.2) is 0 Å². The SMILES string of the molecule is CN(C)c1cccc(-c2cc3c(cn2)CCc2c-3nn3c2C(=O)NCCC3)c1. The van der Waals surface area contributed by atoms with Crippen molar-refractivity contribution in [2.24, 2.45) is 0 Å². The van der Waals surface area contributed by atoms with E-state index in [4.69, 9.17) is 10.1 Å². The fourth-order valence-corrected chi connectivity index (χ4v) is 4.15. The molecule has 5 rings (SSSR count). The van der Waals surface area contributed by atoms with Gasteiger partial charge in [0.05, 0.1) is 11.4 Å². The van der Waals surface area contributed by atoms with Crippen molar-refractivity contribution in [1.82, 2.24) is 20.1 Å². The molecule has 1 amide bonds. The van der Waals surface area contributed by atoms with E-state index in [1.165, 1.54) is 5.56 Å². The highest BCUT2D eigenvalue weighted by atomic mass is 16.2. The minimum absolute atomic E-state index is 0.00247. The Morgan fingerprint density at radius 1 is 1.18 bits per heavy atom. The molecule has 2 aliphatic rings. The third-order valence-corrected chi connectivity index (χ3v) is 5.64. The number of fused-ring (bicyclic) bond motifs is 5. The van der Waals surface area contributed by atoms with E-state index in [1.807, 2.05) is 25.0 Å². The topological polar surface area (TPSA) is 63.1 Å². The quantitative estimate of drug-likeness (QED) is 0.750. The molecule has 1 aromatic carbocycles. The first kappa shape index (κ1) is 17.0. The largest absolute Gasteiger partial charge is 0.378 e. The van der Waals surface area contributed by atoms with Crippen molar-refractivity contribution < 1.29 is 4.79 Å². The van der Waals surface area contributed by atoms with E-state index in [0.717, 1.165) is 65.3 Å². The average molecular weight is 373 g/mol. The molecule has 0 spiro atoms. The third-order valence-electron chi connectivity index (χ3n) is 5.64. The number of benzene rings is 1. The van der Waals surface area contributed by atoms with Crippen LogP contribution in [-0.2, 0) is 19.4 Å². The summed E-state index contributed by atoms with van der Waals surface area (Å²) in [6.07, 6.45) is 4.60. The molecule has 0 unspecified atom stereocenters. The molecule has 0 bridgehead atoms. The van der Waals surface area contributed by atoms with Crippen molar-refractivity contribution >= 4 is 11.6 Å². The zero-order valence-electron chi connectivity index (χ0n) is 16.2. The lowest BCUT2D eigenvalue weighted by atomic mass is 9.89. The predicted octanol–water partition coefficient (Wildman–Crippen LogP) is 2.91. The Bertz CT molecular complexity index is 1080. The Morgan fingerprint density at radius 3 is 2.93 bits per heavy atom. The van der Waals surface area contributed by atoms with Crippen molar-refractivity contribution in [1.29, 1.82) is 0 Å². The zero-order chi connectivity index (χ0) is 19.3. The number of carbonyl (C=O) groups is 1. The van der Waals surface area contributed by atoms with Gasteiger partial charge in [-0.15, -0.1) is 0 Å². The summed E-state index contributed by atoms with van der Waals surface area (Å²) in [6, 6.07) is 10.5. The number of amides is 1. The van der Waals surface area contributed by atoms with E-state index < -0.39 is 0 Å². The van der Waals surface area contributed by atoms with Crippen LogP contribution in [-0.4, -0.2) is 41.3 Å². The van der Waals surface area contributed by atoms with Crippen LogP contribution in [0.15, 0.2) is 36.5 Å². The summed E-state index contributed by atoms with van der Waals surface area (Å²) in [4.78, 5) is 19.4. The number of anilines is 1. The molecular formula is C22H23N5O. The highest BCUT2D eigenvalue weighted by Crippen LogP contribution is 2.37. The van der Waals surface area contributed by atoms with Gasteiger partial charge in [0, 0.05) is 55.8 Å². The molecule has 2 aromatic heterocycles. The average Bonchev–Trinajstić information content (AvgIpc) is 3.00. The standard InChI is InChI=1S/C22H23N5O/c1-26(2)16-6-3-5-14(11-16)19-12-18-15(13-24-19)7-8-17-20(18)25-27-10-4-9-23-22(28)21(17)27/h3,5-6,11-13H,4,7-10H2,1-2H3,(H,23,28). The fraction of sp³-hybridized carbons (Fsp3) is 0.318. The van der Waals surface area contributed by atoms with Gasteiger partial charge in [-0.1, -0.05) is 12.1 Å². The summed E-state index contributed by atoms with van der Waals surface area (Å²) >= 11 is 0. The summed E-state index contributed by atoms with van der Waals surface area (Å²) in [6.45, 7) is 1.49. The van der Waals surface area contributed by atoms with Crippen LogP contribution < -0.4 is 10.2 Å². The van der Waals surface area contributed by atoms with Gasteiger partial charge in [-0.3, -0.25) is 14.5 Å². The minimum Gasteiger partial charge on any atom is -0.378 e. The minimum atomic E-state index is 0.00247. The number of aromatic nitrogens is 3. The molecule has 0 radical (unpaired) electrons. The molecule has 0 atom stereocenters. The van der Waals surface area contributed by atoms with Gasteiger partial charge in [-0.05, 0) is 43.0 Å². The summed E-state index contributed by atoms with van der Waals surface area (Å²) in [5.74, 6) is 0.00247. The van der Waals surface area contributed by atoms with Crippen LogP contribution in [0.4, 0.5) is 5.69 Å². The first-order valence-corrected chi connectivity index (χ1v) is 9.77. The second-order valence-corrected chi connectivity index (χ2v) is 7.68. The summed E-state index contributed by atoms with van der Waals surface area (Å²) in [7, 11) is 4.07. The molecule has 6 nitrogen and oxygen atoms in total. The summed E-state index contributed by atoms with van der Waals surface area (Å²) in [5, 5.41) is 7.84. The molecule has 1 aliphatic heterocycles. The zero-order valence-corrected chi connectivity index (χ0v) is 16.2. The van der Waals surface area contributed by atoms with Gasteiger partial charge in [0.25, 0.3) is 5.91 Å². The summed E-state index contributed by atoms with van der Waals surface area (Å²) in [5.41, 5.74) is 8.23. The number of aryl methyl sites for hydroxylation is 2. The van der Waals surface area contributed by atoms with Crippen molar-refractivity contribution in [2.75, 3.05) is 25.5 Å². The molecule has 1 aliphatic carbocycles. The molecular weight excluding hydrogens is 350 g/mol. The smallest absolute Gasteiger partial charge is 0.269 e. The first-order valence-electron chi connectivity index (χ1n) is 9.77. The number of rotatable bonds is 2. The number of carbonyl (C=O) groups excluding carboxylic acids is 1. The fourth-order valence-electron chi connectivity index (χ4n) is 4.15. The normalized spacial score (nSPS) is 15.1. The third kappa shape index (κ3) is 2.68. The van der Waals surface area contributed by atoms with E-state index in [1.54, 1.807) is 0 Å². The van der Waals surface area contributed by atoms with Gasteiger partial charge < -0.3 is 10.2 Å². The Morgan fingerprint density at radius 2 is 2.07 bits per heavy atom. The van der Waals surface area contributed by atoms with Crippen molar-refractivity contribution in [2.45, 2.75) is 25.8 Å². The Balaban J connectivity index is 1.63. The van der Waals surface area contributed by atoms with Gasteiger partial charge >= 0.3 is 0 Å². The van der Waals surface area contributed by atoms with Crippen LogP contribution in [0.1, 0.15) is 28.0 Å². The maximum Gasteiger partial charge on any atom is 0.269 e. The second kappa shape index (κ2) is 6.48. The Hall–Kier alpha value is -3.15. The number of pyridine rings is 1. The number of nitrogens with one attached hydrogen (secondary N) is 1. The number of hydrogen-bond acceptors (Lipinski definition) is 4. The predicted molar refractivity (Wildman–Crippen MR) is 110 cm³/mol. The van der Waals surface area contributed by atoms with Crippen LogP contribution in [0.2, 0.25) is 0 Å². The van der Waals surface area contributed by atoms with E-state index in [-0.39, 0.29) is 5.91 Å². The second-order valence-electron chi connectivity index (χ2n) is 7.68. The first-order chi connectivity index (χ1) is 13.6. The van der Waals surface area contributed by atoms with E-state index in [2.05, 4.69) is 40.5 Å². The number of nitrogens with zero attached hydrogens (tertiary/aromatic N) is 4. The van der Waals surface area contributed by atoms with Crippen LogP contribution in [0, 0.1) is 0 Å². The molecule has 142 valence electrons. The molecule has 0 saturated heterocycles. The molecule has 28 heavy (non-hydrogen) atoms. The van der Waals surface area contributed by atoms with Crippen LogP contribution >= 0.6 is 0 Å². The maximum absolute atomic E-state index is 12.6. The lowest BCUT2D eigenvalue weighted by Crippen LogP contribution is -2.24. The molecule has 0 fully saturated rings. The number of hydrogen-bond donors (Lipinski definition) is 1. The highest BCUT2D eigenvalue weighted by Gasteiger charge is 2.29. The van der Waals surface area contributed by atoms with Gasteiger partial charge in [-0.25, -0.2) is 0 Å². The molecule has 3 heterocycles. The monoisotopic (exact) mass is 373 g/mol. The maximum atomic E-state index is 12.6. The molecule has 1 N–H and O–H groups in total. The van der Waals surface area contributed by atoms with E-state index in [0.29, 0.717) is 6.54 Å². The molecule has 6 heteroatoms. The lowest BCUT2D eigenvalue weighted by molar-refractivity contribution is 0.0949. The van der Waals surface area contributed by atoms with E-state index >= 15 is 0 Å². The van der Waals surface area contributed by atoms with Gasteiger partial charge in [-0.2, -0.15) is 5.10 Å². The van der Waals surface area contributed by atoms with Gasteiger partial charge in [0.1, 0.15) is 5.69 Å². The molecule has 0 saturated carbocycles. The van der Waals surface area contributed by atoms with Crippen molar-refractivity contribution in [3.05, 3.63) is 53.3 Å². The van der Waals surface area contributed by atoms with Crippen LogP contribution in [0.25, 0.3) is 22.5 Å². The van der Waals surface area contributed by atoms with Gasteiger partial charge in [0.2, 0.25) is 0 Å². The Kier molecular flexibility index (Phi) is 3.93. The van der Waals surface area contributed by atoms with E-state index in [9.17, 15) is 4.79 Å². The van der Waals surface area contributed by atoms with Crippen molar-refractivity contribution in [3.8, 4) is 22.5 Å².